The Balaban J connectivity index is 2.43. The molecular weight excluding hydrogens is 296 g/mol. The molecule has 0 unspecified atom stereocenters. The summed E-state index contributed by atoms with van der Waals surface area (Å²) in [6.45, 7) is 2.11. The van der Waals surface area contributed by atoms with Gasteiger partial charge in [0.1, 0.15) is 4.60 Å². The van der Waals surface area contributed by atoms with Crippen molar-refractivity contribution in [1.82, 2.24) is 9.88 Å². The van der Waals surface area contributed by atoms with Gasteiger partial charge in [0.2, 0.25) is 0 Å². The lowest BCUT2D eigenvalue weighted by Gasteiger charge is -2.24. The summed E-state index contributed by atoms with van der Waals surface area (Å²) in [6.07, 6.45) is 1.05. The second-order valence-corrected chi connectivity index (χ2v) is 4.96. The molecule has 2 rings (SSSR count). The summed E-state index contributed by atoms with van der Waals surface area (Å²) in [7, 11) is 2.14. The zero-order chi connectivity index (χ0) is 9.42. The molecule has 0 saturated carbocycles. The van der Waals surface area contributed by atoms with E-state index in [-0.39, 0.29) is 0 Å². The van der Waals surface area contributed by atoms with Gasteiger partial charge in [-0.2, -0.15) is 0 Å². The largest absolute Gasteiger partial charge is 0.302 e. The number of nitrogens with zero attached hydrogens (tertiary/aromatic N) is 2. The van der Waals surface area contributed by atoms with E-state index in [0.29, 0.717) is 0 Å². The van der Waals surface area contributed by atoms with E-state index in [0.717, 1.165) is 28.6 Å². The Kier molecular flexibility index (Phi) is 2.72. The van der Waals surface area contributed by atoms with Crippen LogP contribution in [0, 0.1) is 0 Å². The van der Waals surface area contributed by atoms with E-state index < -0.39 is 0 Å². The van der Waals surface area contributed by atoms with Crippen molar-refractivity contribution in [2.75, 3.05) is 13.6 Å². The van der Waals surface area contributed by atoms with E-state index in [1.807, 2.05) is 0 Å². The van der Waals surface area contributed by atoms with Gasteiger partial charge in [-0.05, 0) is 50.5 Å². The average Bonchev–Trinajstić information content (AvgIpc) is 2.08. The van der Waals surface area contributed by atoms with Crippen molar-refractivity contribution in [2.24, 2.45) is 0 Å². The Bertz CT molecular complexity index is 339. The Hall–Kier alpha value is 0.0700. The average molecular weight is 306 g/mol. The molecule has 4 heteroatoms. The third kappa shape index (κ3) is 1.95. The quantitative estimate of drug-likeness (QED) is 0.685. The standard InChI is InChI=1S/C9H10Br2N2/c1-13-3-2-8-6(5-13)4-7(10)9(11)12-8/h4H,2-3,5H2,1H3. The molecule has 1 aromatic heterocycles. The fourth-order valence-corrected chi connectivity index (χ4v) is 2.25. The first kappa shape index (κ1) is 9.62. The molecule has 0 atom stereocenters. The Labute approximate surface area is 94.6 Å². The first-order valence-electron chi connectivity index (χ1n) is 4.19. The van der Waals surface area contributed by atoms with Crippen LogP contribution in [0.4, 0.5) is 0 Å². The summed E-state index contributed by atoms with van der Waals surface area (Å²) in [5, 5.41) is 0. The van der Waals surface area contributed by atoms with Crippen LogP contribution in [0.25, 0.3) is 0 Å². The van der Waals surface area contributed by atoms with Gasteiger partial charge in [0.15, 0.2) is 0 Å². The van der Waals surface area contributed by atoms with Crippen molar-refractivity contribution in [3.8, 4) is 0 Å². The van der Waals surface area contributed by atoms with E-state index >= 15 is 0 Å². The number of halogens is 2. The predicted octanol–water partition coefficient (Wildman–Crippen LogP) is 2.59. The summed E-state index contributed by atoms with van der Waals surface area (Å²) in [6, 6.07) is 2.15. The second kappa shape index (κ2) is 3.67. The third-order valence-electron chi connectivity index (χ3n) is 2.27. The van der Waals surface area contributed by atoms with Crippen molar-refractivity contribution in [1.29, 1.82) is 0 Å². The molecule has 1 aromatic rings. The van der Waals surface area contributed by atoms with Gasteiger partial charge in [0.05, 0.1) is 4.47 Å². The number of pyridine rings is 1. The molecule has 0 radical (unpaired) electrons. The van der Waals surface area contributed by atoms with Gasteiger partial charge in [-0.3, -0.25) is 0 Å². The van der Waals surface area contributed by atoms with Crippen LogP contribution in [0.2, 0.25) is 0 Å². The zero-order valence-corrected chi connectivity index (χ0v) is 10.5. The molecule has 0 spiro atoms. The highest BCUT2D eigenvalue weighted by Crippen LogP contribution is 2.26. The summed E-state index contributed by atoms with van der Waals surface area (Å²) in [5.74, 6) is 0. The first-order chi connectivity index (χ1) is 6.16. The lowest BCUT2D eigenvalue weighted by Crippen LogP contribution is -2.27. The normalized spacial score (nSPS) is 17.2. The molecule has 0 amide bonds. The van der Waals surface area contributed by atoms with Crippen LogP contribution in [-0.4, -0.2) is 23.5 Å². The van der Waals surface area contributed by atoms with Gasteiger partial charge in [-0.25, -0.2) is 4.98 Å². The highest BCUT2D eigenvalue weighted by molar-refractivity contribution is 9.13. The molecule has 0 aromatic carbocycles. The van der Waals surface area contributed by atoms with Crippen LogP contribution in [-0.2, 0) is 13.0 Å². The molecule has 0 N–H and O–H groups in total. The van der Waals surface area contributed by atoms with Gasteiger partial charge >= 0.3 is 0 Å². The van der Waals surface area contributed by atoms with Crippen LogP contribution in [0.5, 0.6) is 0 Å². The molecule has 1 aliphatic rings. The van der Waals surface area contributed by atoms with Gasteiger partial charge < -0.3 is 4.90 Å². The summed E-state index contributed by atoms with van der Waals surface area (Å²) in [4.78, 5) is 6.80. The lowest BCUT2D eigenvalue weighted by molar-refractivity contribution is 0.309. The number of rotatable bonds is 0. The lowest BCUT2D eigenvalue weighted by atomic mass is 10.1. The van der Waals surface area contributed by atoms with E-state index in [1.165, 1.54) is 11.3 Å². The minimum atomic E-state index is 0.913. The minimum Gasteiger partial charge on any atom is -0.302 e. The number of hydrogen-bond acceptors (Lipinski definition) is 2. The molecule has 13 heavy (non-hydrogen) atoms. The van der Waals surface area contributed by atoms with E-state index in [1.54, 1.807) is 0 Å². The Morgan fingerprint density at radius 3 is 3.00 bits per heavy atom. The van der Waals surface area contributed by atoms with E-state index in [9.17, 15) is 0 Å². The number of aromatic nitrogens is 1. The summed E-state index contributed by atoms with van der Waals surface area (Å²) >= 11 is 6.88. The minimum absolute atomic E-state index is 0.913. The smallest absolute Gasteiger partial charge is 0.120 e. The monoisotopic (exact) mass is 304 g/mol. The van der Waals surface area contributed by atoms with Crippen molar-refractivity contribution in [3.63, 3.8) is 0 Å². The highest BCUT2D eigenvalue weighted by atomic mass is 79.9. The van der Waals surface area contributed by atoms with Gasteiger partial charge in [0.25, 0.3) is 0 Å². The highest BCUT2D eigenvalue weighted by Gasteiger charge is 2.15. The van der Waals surface area contributed by atoms with Crippen LogP contribution >= 0.6 is 31.9 Å². The van der Waals surface area contributed by atoms with Gasteiger partial charge in [-0.15, -0.1) is 0 Å². The molecule has 0 bridgehead atoms. The fraction of sp³-hybridized carbons (Fsp3) is 0.444. The van der Waals surface area contributed by atoms with Gasteiger partial charge in [0, 0.05) is 25.2 Å². The van der Waals surface area contributed by atoms with Crippen molar-refractivity contribution >= 4 is 31.9 Å². The molecule has 70 valence electrons. The Morgan fingerprint density at radius 2 is 2.23 bits per heavy atom. The Morgan fingerprint density at radius 1 is 1.46 bits per heavy atom. The SMILES string of the molecule is CN1CCc2nc(Br)c(Br)cc2C1. The maximum absolute atomic E-state index is 4.49. The third-order valence-corrected chi connectivity index (χ3v) is 4.01. The van der Waals surface area contributed by atoms with E-state index in [2.05, 4.69) is 54.9 Å². The first-order valence-corrected chi connectivity index (χ1v) is 5.78. The zero-order valence-electron chi connectivity index (χ0n) is 7.35. The van der Waals surface area contributed by atoms with Crippen LogP contribution in [0.1, 0.15) is 11.3 Å². The molecular formula is C9H10Br2N2. The molecule has 0 aliphatic carbocycles. The van der Waals surface area contributed by atoms with Crippen LogP contribution in [0.15, 0.2) is 15.1 Å². The van der Waals surface area contributed by atoms with Gasteiger partial charge in [-0.1, -0.05) is 0 Å². The second-order valence-electron chi connectivity index (χ2n) is 3.35. The number of fused-ring (bicyclic) bond motifs is 1. The number of hydrogen-bond donors (Lipinski definition) is 0. The van der Waals surface area contributed by atoms with Crippen molar-refractivity contribution in [3.05, 3.63) is 26.4 Å². The van der Waals surface area contributed by atoms with Crippen LogP contribution in [0.3, 0.4) is 0 Å². The maximum Gasteiger partial charge on any atom is 0.120 e. The topological polar surface area (TPSA) is 16.1 Å². The summed E-state index contributed by atoms with van der Waals surface area (Å²) < 4.78 is 1.96. The summed E-state index contributed by atoms with van der Waals surface area (Å²) in [5.41, 5.74) is 2.57. The molecule has 1 aliphatic heterocycles. The molecule has 2 nitrogen and oxygen atoms in total. The van der Waals surface area contributed by atoms with Crippen LogP contribution < -0.4 is 0 Å². The van der Waals surface area contributed by atoms with Crippen molar-refractivity contribution < 1.29 is 0 Å². The fourth-order valence-electron chi connectivity index (χ4n) is 1.56. The maximum atomic E-state index is 4.49. The molecule has 0 saturated heterocycles. The molecule has 2 heterocycles. The van der Waals surface area contributed by atoms with Crippen molar-refractivity contribution in [2.45, 2.75) is 13.0 Å². The predicted molar refractivity (Wildman–Crippen MR) is 59.7 cm³/mol. The van der Waals surface area contributed by atoms with E-state index in [4.69, 9.17) is 0 Å². The number of likely N-dealkylation sites (N-methyl/N-ethyl adjacent to an activating group) is 1. The molecule has 0 fully saturated rings.